The number of hydrogen-bond acceptors (Lipinski definition) is 5. The highest BCUT2D eigenvalue weighted by Crippen LogP contribution is 2.18. The van der Waals surface area contributed by atoms with Crippen LogP contribution < -0.4 is 5.32 Å². The molecule has 0 saturated carbocycles. The van der Waals surface area contributed by atoms with E-state index < -0.39 is 0 Å². The van der Waals surface area contributed by atoms with Crippen molar-refractivity contribution >= 4 is 17.5 Å². The molecule has 2 aromatic rings. The number of carbonyl (C=O) groups is 1. The molecule has 1 aliphatic heterocycles. The highest BCUT2D eigenvalue weighted by Gasteiger charge is 2.23. The molecule has 0 bridgehead atoms. The molecule has 7 nitrogen and oxygen atoms in total. The predicted molar refractivity (Wildman–Crippen MR) is 74.4 cm³/mol. The molecule has 1 atom stereocenters. The van der Waals surface area contributed by atoms with Crippen LogP contribution in [0.15, 0.2) is 12.4 Å². The van der Waals surface area contributed by atoms with Crippen molar-refractivity contribution < 1.29 is 4.79 Å². The van der Waals surface area contributed by atoms with Gasteiger partial charge in [0.1, 0.15) is 12.1 Å². The number of hydrogen-bond donors (Lipinski definition) is 1. The van der Waals surface area contributed by atoms with Crippen LogP contribution in [-0.2, 0) is 11.2 Å². The Balaban J connectivity index is 1.86. The third-order valence-electron chi connectivity index (χ3n) is 3.68. The molecule has 1 amide bonds. The summed E-state index contributed by atoms with van der Waals surface area (Å²) in [5.74, 6) is 1.62. The summed E-state index contributed by atoms with van der Waals surface area (Å²) in [6.07, 6.45) is 3.77. The van der Waals surface area contributed by atoms with Crippen LogP contribution in [0, 0.1) is 0 Å². The molecular formula is C13H18N6O. The van der Waals surface area contributed by atoms with Crippen molar-refractivity contribution in [2.24, 2.45) is 0 Å². The third-order valence-corrected chi connectivity index (χ3v) is 3.68. The lowest BCUT2D eigenvalue weighted by atomic mass is 10.0. The molecule has 3 heterocycles. The van der Waals surface area contributed by atoms with Crippen molar-refractivity contribution in [3.8, 4) is 0 Å². The Bertz CT molecular complexity index is 637. The summed E-state index contributed by atoms with van der Waals surface area (Å²) < 4.78 is 1.68. The lowest BCUT2D eigenvalue weighted by molar-refractivity contribution is -0.132. The average molecular weight is 274 g/mol. The first kappa shape index (κ1) is 12.8. The fourth-order valence-corrected chi connectivity index (χ4v) is 2.42. The quantitative estimate of drug-likeness (QED) is 0.892. The van der Waals surface area contributed by atoms with Gasteiger partial charge in [0.15, 0.2) is 0 Å². The maximum Gasteiger partial charge on any atom is 0.254 e. The van der Waals surface area contributed by atoms with E-state index in [0.29, 0.717) is 12.2 Å². The predicted octanol–water partition coefficient (Wildman–Crippen LogP) is 0.719. The van der Waals surface area contributed by atoms with Gasteiger partial charge in [-0.2, -0.15) is 14.6 Å². The lowest BCUT2D eigenvalue weighted by Gasteiger charge is -2.29. The van der Waals surface area contributed by atoms with E-state index in [1.165, 1.54) is 6.33 Å². The maximum atomic E-state index is 11.8. The summed E-state index contributed by atoms with van der Waals surface area (Å²) in [4.78, 5) is 22.1. The second kappa shape index (κ2) is 5.07. The molecule has 106 valence electrons. The van der Waals surface area contributed by atoms with Gasteiger partial charge < -0.3 is 10.2 Å². The first-order valence-corrected chi connectivity index (χ1v) is 6.87. The van der Waals surface area contributed by atoms with Gasteiger partial charge in [0.25, 0.3) is 5.78 Å². The van der Waals surface area contributed by atoms with Crippen molar-refractivity contribution in [3.63, 3.8) is 0 Å². The van der Waals surface area contributed by atoms with E-state index >= 15 is 0 Å². The minimum Gasteiger partial charge on any atom is -0.367 e. The Kier molecular flexibility index (Phi) is 3.25. The molecule has 1 saturated heterocycles. The van der Waals surface area contributed by atoms with Gasteiger partial charge in [0.2, 0.25) is 5.91 Å². The molecule has 1 unspecified atom stereocenters. The zero-order valence-corrected chi connectivity index (χ0v) is 11.7. The van der Waals surface area contributed by atoms with E-state index in [9.17, 15) is 4.79 Å². The van der Waals surface area contributed by atoms with Crippen LogP contribution in [0.2, 0.25) is 0 Å². The molecule has 0 aromatic carbocycles. The van der Waals surface area contributed by atoms with E-state index in [1.807, 2.05) is 13.1 Å². The van der Waals surface area contributed by atoms with Crippen molar-refractivity contribution in [1.29, 1.82) is 0 Å². The number of nitrogens with zero attached hydrogens (tertiary/aromatic N) is 5. The average Bonchev–Trinajstić information content (AvgIpc) is 2.91. The van der Waals surface area contributed by atoms with E-state index in [0.717, 1.165) is 30.9 Å². The number of aromatic nitrogens is 4. The number of fused-ring (bicyclic) bond motifs is 1. The van der Waals surface area contributed by atoms with Gasteiger partial charge in [0, 0.05) is 37.8 Å². The van der Waals surface area contributed by atoms with Gasteiger partial charge in [-0.25, -0.2) is 4.98 Å². The largest absolute Gasteiger partial charge is 0.367 e. The monoisotopic (exact) mass is 274 g/mol. The summed E-state index contributed by atoms with van der Waals surface area (Å²) in [6, 6.07) is 2.11. The van der Waals surface area contributed by atoms with E-state index in [-0.39, 0.29) is 11.9 Å². The third kappa shape index (κ3) is 2.31. The maximum absolute atomic E-state index is 11.8. The highest BCUT2D eigenvalue weighted by molar-refractivity contribution is 5.77. The van der Waals surface area contributed by atoms with Gasteiger partial charge in [-0.3, -0.25) is 4.79 Å². The molecule has 1 N–H and O–H groups in total. The van der Waals surface area contributed by atoms with Gasteiger partial charge in [-0.15, -0.1) is 0 Å². The van der Waals surface area contributed by atoms with Crippen LogP contribution in [0.5, 0.6) is 0 Å². The van der Waals surface area contributed by atoms with E-state index in [4.69, 9.17) is 0 Å². The summed E-state index contributed by atoms with van der Waals surface area (Å²) in [5.41, 5.74) is 0.965. The zero-order valence-electron chi connectivity index (χ0n) is 11.7. The Morgan fingerprint density at radius 3 is 3.10 bits per heavy atom. The van der Waals surface area contributed by atoms with Crippen molar-refractivity contribution in [2.75, 3.05) is 18.9 Å². The van der Waals surface area contributed by atoms with Gasteiger partial charge in [-0.1, -0.05) is 6.92 Å². The topological polar surface area (TPSA) is 75.4 Å². The standard InChI is InChI=1S/C13H18N6O/c1-3-9-6-11(19-13(17-9)14-8-15-19)16-10-4-5-18(2)12(20)7-10/h6,8,10,16H,3-5,7H2,1-2H3. The van der Waals surface area contributed by atoms with Crippen LogP contribution in [0.3, 0.4) is 0 Å². The molecule has 0 spiro atoms. The molecule has 20 heavy (non-hydrogen) atoms. The number of anilines is 1. The number of piperidine rings is 1. The number of likely N-dealkylation sites (tertiary alicyclic amines) is 1. The number of amides is 1. The van der Waals surface area contributed by atoms with Crippen molar-refractivity contribution in [2.45, 2.75) is 32.2 Å². The molecule has 1 aliphatic rings. The molecule has 3 rings (SSSR count). The Hall–Kier alpha value is -2.18. The van der Waals surface area contributed by atoms with Gasteiger partial charge >= 0.3 is 0 Å². The fraction of sp³-hybridized carbons (Fsp3) is 0.538. The summed E-state index contributed by atoms with van der Waals surface area (Å²) in [7, 11) is 1.84. The van der Waals surface area contributed by atoms with E-state index in [1.54, 1.807) is 9.42 Å². The number of aryl methyl sites for hydroxylation is 1. The summed E-state index contributed by atoms with van der Waals surface area (Å²) in [6.45, 7) is 2.83. The minimum atomic E-state index is 0.137. The zero-order chi connectivity index (χ0) is 14.1. The molecule has 0 aliphatic carbocycles. The Morgan fingerprint density at radius 1 is 1.50 bits per heavy atom. The van der Waals surface area contributed by atoms with Crippen molar-refractivity contribution in [1.82, 2.24) is 24.5 Å². The Morgan fingerprint density at radius 2 is 2.35 bits per heavy atom. The second-order valence-electron chi connectivity index (χ2n) is 5.11. The SMILES string of the molecule is CCc1cc(NC2CCN(C)C(=O)C2)n2ncnc2n1. The summed E-state index contributed by atoms with van der Waals surface area (Å²) >= 11 is 0. The first-order chi connectivity index (χ1) is 9.67. The van der Waals surface area contributed by atoms with E-state index in [2.05, 4.69) is 27.3 Å². The summed E-state index contributed by atoms with van der Waals surface area (Å²) in [5, 5.41) is 7.59. The highest BCUT2D eigenvalue weighted by atomic mass is 16.2. The lowest BCUT2D eigenvalue weighted by Crippen LogP contribution is -2.41. The second-order valence-corrected chi connectivity index (χ2v) is 5.11. The van der Waals surface area contributed by atoms with Crippen molar-refractivity contribution in [3.05, 3.63) is 18.1 Å². The minimum absolute atomic E-state index is 0.137. The smallest absolute Gasteiger partial charge is 0.254 e. The molecule has 7 heteroatoms. The first-order valence-electron chi connectivity index (χ1n) is 6.87. The number of nitrogens with one attached hydrogen (secondary N) is 1. The molecule has 1 fully saturated rings. The van der Waals surface area contributed by atoms with Crippen LogP contribution in [-0.4, -0.2) is 50.0 Å². The van der Waals surface area contributed by atoms with Crippen LogP contribution in [0.25, 0.3) is 5.78 Å². The Labute approximate surface area is 117 Å². The fourth-order valence-electron chi connectivity index (χ4n) is 2.42. The number of rotatable bonds is 3. The van der Waals surface area contributed by atoms with Crippen LogP contribution in [0.1, 0.15) is 25.5 Å². The van der Waals surface area contributed by atoms with Gasteiger partial charge in [0.05, 0.1) is 0 Å². The molecule has 2 aromatic heterocycles. The molecule has 0 radical (unpaired) electrons. The van der Waals surface area contributed by atoms with Crippen LogP contribution >= 0.6 is 0 Å². The normalized spacial score (nSPS) is 19.6. The van der Waals surface area contributed by atoms with Crippen LogP contribution in [0.4, 0.5) is 5.82 Å². The number of carbonyl (C=O) groups excluding carboxylic acids is 1. The van der Waals surface area contributed by atoms with Gasteiger partial charge in [-0.05, 0) is 12.8 Å². The molecular weight excluding hydrogens is 256 g/mol.